The third-order valence-electron chi connectivity index (χ3n) is 11.5. The molecule has 336 valence electrons. The molecule has 3 N–H and O–H groups in total. The summed E-state index contributed by atoms with van der Waals surface area (Å²) in [4.78, 5) is 24.4. The van der Waals surface area contributed by atoms with Crippen molar-refractivity contribution in [1.82, 2.24) is 5.32 Å². The Morgan fingerprint density at radius 3 is 1.26 bits per heavy atom. The number of unbranched alkanes of at least 4 members (excludes halogenated alkanes) is 31. The summed E-state index contributed by atoms with van der Waals surface area (Å²) in [7, 11) is 0. The zero-order chi connectivity index (χ0) is 41.5. The SMILES string of the molecule is CCCCCC/C=C\CCCCCCCC(=O)OCCCCCCCC/C=C\CCCCCCCCCC(=O)NC(CO)C(O)CCCCCCCCCCCC. The average molecular weight is 804 g/mol. The summed E-state index contributed by atoms with van der Waals surface area (Å²) in [6.45, 7) is 4.89. The van der Waals surface area contributed by atoms with Gasteiger partial charge >= 0.3 is 5.97 Å². The number of esters is 1. The van der Waals surface area contributed by atoms with Gasteiger partial charge in [-0.2, -0.15) is 0 Å². The molecule has 1 amide bonds. The zero-order valence-corrected chi connectivity index (χ0v) is 38.1. The minimum absolute atomic E-state index is 0.0116. The van der Waals surface area contributed by atoms with Crippen molar-refractivity contribution in [3.63, 3.8) is 0 Å². The highest BCUT2D eigenvalue weighted by atomic mass is 16.5. The molecule has 0 aliphatic carbocycles. The van der Waals surface area contributed by atoms with Gasteiger partial charge in [0.2, 0.25) is 5.91 Å². The molecule has 0 saturated carbocycles. The van der Waals surface area contributed by atoms with E-state index in [0.717, 1.165) is 57.8 Å². The minimum Gasteiger partial charge on any atom is -0.466 e. The molecule has 2 atom stereocenters. The van der Waals surface area contributed by atoms with Crippen molar-refractivity contribution < 1.29 is 24.5 Å². The van der Waals surface area contributed by atoms with Gasteiger partial charge in [0, 0.05) is 12.8 Å². The van der Waals surface area contributed by atoms with Crippen LogP contribution >= 0.6 is 0 Å². The van der Waals surface area contributed by atoms with Gasteiger partial charge in [0.15, 0.2) is 0 Å². The quantitative estimate of drug-likeness (QED) is 0.0324. The summed E-state index contributed by atoms with van der Waals surface area (Å²) in [5.74, 6) is -0.0611. The molecule has 6 heteroatoms. The van der Waals surface area contributed by atoms with Gasteiger partial charge in [0.25, 0.3) is 0 Å². The zero-order valence-electron chi connectivity index (χ0n) is 38.1. The lowest BCUT2D eigenvalue weighted by Crippen LogP contribution is -2.45. The first-order valence-corrected chi connectivity index (χ1v) is 25.1. The Balaban J connectivity index is 3.45. The number of amides is 1. The van der Waals surface area contributed by atoms with Crippen LogP contribution in [-0.4, -0.2) is 47.4 Å². The summed E-state index contributed by atoms with van der Waals surface area (Å²) < 4.78 is 5.45. The smallest absolute Gasteiger partial charge is 0.305 e. The van der Waals surface area contributed by atoms with E-state index in [0.29, 0.717) is 25.9 Å². The first kappa shape index (κ1) is 55.3. The first-order chi connectivity index (χ1) is 28.0. The number of aliphatic hydroxyl groups excluding tert-OH is 2. The molecule has 0 aromatic heterocycles. The minimum atomic E-state index is -0.670. The number of carbonyl (C=O) groups is 2. The molecule has 0 spiro atoms. The van der Waals surface area contributed by atoms with Crippen molar-refractivity contribution in [1.29, 1.82) is 0 Å². The number of nitrogens with one attached hydrogen (secondary N) is 1. The third kappa shape index (κ3) is 43.7. The van der Waals surface area contributed by atoms with Crippen LogP contribution in [0.1, 0.15) is 264 Å². The van der Waals surface area contributed by atoms with Gasteiger partial charge < -0.3 is 20.3 Å². The summed E-state index contributed by atoms with van der Waals surface area (Å²) in [6.07, 6.45) is 54.3. The second-order valence-electron chi connectivity index (χ2n) is 17.1. The molecule has 0 bridgehead atoms. The van der Waals surface area contributed by atoms with Crippen LogP contribution in [0.25, 0.3) is 0 Å². The van der Waals surface area contributed by atoms with Crippen molar-refractivity contribution in [3.8, 4) is 0 Å². The van der Waals surface area contributed by atoms with Gasteiger partial charge in [-0.15, -0.1) is 0 Å². The van der Waals surface area contributed by atoms with Crippen LogP contribution in [0.2, 0.25) is 0 Å². The van der Waals surface area contributed by atoms with Crippen molar-refractivity contribution in [2.45, 2.75) is 276 Å². The van der Waals surface area contributed by atoms with Gasteiger partial charge in [-0.05, 0) is 77.0 Å². The largest absolute Gasteiger partial charge is 0.466 e. The Kier molecular flexibility index (Phi) is 45.7. The van der Waals surface area contributed by atoms with Gasteiger partial charge in [-0.25, -0.2) is 0 Å². The molecule has 0 aliphatic rings. The van der Waals surface area contributed by atoms with Crippen molar-refractivity contribution in [3.05, 3.63) is 24.3 Å². The summed E-state index contributed by atoms with van der Waals surface area (Å²) in [5, 5.41) is 23.1. The van der Waals surface area contributed by atoms with Crippen LogP contribution in [0.15, 0.2) is 24.3 Å². The molecule has 0 aliphatic heterocycles. The second-order valence-corrected chi connectivity index (χ2v) is 17.1. The molecular weight excluding hydrogens is 707 g/mol. The predicted octanol–water partition coefficient (Wildman–Crippen LogP) is 14.7. The van der Waals surface area contributed by atoms with Crippen molar-refractivity contribution in [2.24, 2.45) is 0 Å². The first-order valence-electron chi connectivity index (χ1n) is 25.1. The maximum absolute atomic E-state index is 12.4. The highest BCUT2D eigenvalue weighted by molar-refractivity contribution is 5.76. The molecule has 0 radical (unpaired) electrons. The van der Waals surface area contributed by atoms with Crippen LogP contribution in [0.3, 0.4) is 0 Å². The Morgan fingerprint density at radius 1 is 0.474 bits per heavy atom. The standard InChI is InChI=1S/C51H97NO5/c1-3-5-7-9-11-13-15-21-25-29-33-37-41-45-51(56)57-46-42-38-34-30-26-23-20-18-16-17-19-22-24-28-32-36-40-44-50(55)52-48(47-53)49(54)43-39-35-31-27-14-12-10-8-6-4-2/h13,15-16,18,48-49,53-54H,3-12,14,17,19-47H2,1-2H3,(H,52,55)/b15-13-,18-16-. The fourth-order valence-corrected chi connectivity index (χ4v) is 7.57. The normalized spacial score (nSPS) is 12.8. The highest BCUT2D eigenvalue weighted by Gasteiger charge is 2.20. The molecular formula is C51H97NO5. The fraction of sp³-hybridized carbons (Fsp3) is 0.882. The molecule has 2 unspecified atom stereocenters. The van der Waals surface area contributed by atoms with Crippen LogP contribution in [-0.2, 0) is 14.3 Å². The lowest BCUT2D eigenvalue weighted by molar-refractivity contribution is -0.143. The Labute approximate surface area is 354 Å². The van der Waals surface area contributed by atoms with E-state index < -0.39 is 12.1 Å². The van der Waals surface area contributed by atoms with E-state index in [1.165, 1.54) is 173 Å². The number of hydrogen-bond acceptors (Lipinski definition) is 5. The van der Waals surface area contributed by atoms with E-state index in [2.05, 4.69) is 43.5 Å². The molecule has 0 aromatic rings. The summed E-state index contributed by atoms with van der Waals surface area (Å²) in [6, 6.07) is -0.548. The monoisotopic (exact) mass is 804 g/mol. The van der Waals surface area contributed by atoms with E-state index in [1.54, 1.807) is 0 Å². The lowest BCUT2D eigenvalue weighted by Gasteiger charge is -2.22. The molecule has 6 nitrogen and oxygen atoms in total. The summed E-state index contributed by atoms with van der Waals surface area (Å²) in [5.41, 5.74) is 0. The Bertz CT molecular complexity index is 889. The number of ether oxygens (including phenoxy) is 1. The predicted molar refractivity (Wildman–Crippen MR) is 246 cm³/mol. The molecule has 0 fully saturated rings. The third-order valence-corrected chi connectivity index (χ3v) is 11.5. The second kappa shape index (κ2) is 47.0. The molecule has 0 aromatic carbocycles. The average Bonchev–Trinajstić information content (AvgIpc) is 3.21. The molecule has 0 heterocycles. The van der Waals surface area contributed by atoms with Crippen LogP contribution in [0.4, 0.5) is 0 Å². The molecule has 57 heavy (non-hydrogen) atoms. The van der Waals surface area contributed by atoms with Crippen LogP contribution in [0.5, 0.6) is 0 Å². The van der Waals surface area contributed by atoms with Gasteiger partial charge in [0.1, 0.15) is 0 Å². The van der Waals surface area contributed by atoms with Crippen LogP contribution < -0.4 is 5.32 Å². The number of aliphatic hydroxyl groups is 2. The lowest BCUT2D eigenvalue weighted by atomic mass is 10.0. The van der Waals surface area contributed by atoms with E-state index >= 15 is 0 Å². The van der Waals surface area contributed by atoms with Crippen LogP contribution in [0, 0.1) is 0 Å². The van der Waals surface area contributed by atoms with Gasteiger partial charge in [0.05, 0.1) is 25.4 Å². The van der Waals surface area contributed by atoms with Crippen molar-refractivity contribution in [2.75, 3.05) is 13.2 Å². The number of carbonyl (C=O) groups excluding carboxylic acids is 2. The van der Waals surface area contributed by atoms with E-state index in [1.807, 2.05) is 0 Å². The van der Waals surface area contributed by atoms with Crippen molar-refractivity contribution >= 4 is 11.9 Å². The van der Waals surface area contributed by atoms with E-state index in [4.69, 9.17) is 4.74 Å². The Hall–Kier alpha value is -1.66. The van der Waals surface area contributed by atoms with Gasteiger partial charge in [-0.3, -0.25) is 9.59 Å². The van der Waals surface area contributed by atoms with E-state index in [-0.39, 0.29) is 18.5 Å². The summed E-state index contributed by atoms with van der Waals surface area (Å²) >= 11 is 0. The number of allylic oxidation sites excluding steroid dienone is 4. The number of rotatable bonds is 46. The molecule has 0 saturated heterocycles. The Morgan fingerprint density at radius 2 is 0.825 bits per heavy atom. The maximum Gasteiger partial charge on any atom is 0.305 e. The number of hydrogen-bond donors (Lipinski definition) is 3. The molecule has 0 rings (SSSR count). The maximum atomic E-state index is 12.4. The fourth-order valence-electron chi connectivity index (χ4n) is 7.57. The van der Waals surface area contributed by atoms with E-state index in [9.17, 15) is 19.8 Å². The van der Waals surface area contributed by atoms with Gasteiger partial charge in [-0.1, -0.05) is 199 Å². The highest BCUT2D eigenvalue weighted by Crippen LogP contribution is 2.15. The topological polar surface area (TPSA) is 95.9 Å².